The minimum Gasteiger partial charge on any atom is -0.495 e. The molecule has 0 saturated heterocycles. The van der Waals surface area contributed by atoms with E-state index in [0.29, 0.717) is 10.8 Å². The number of ether oxygens (including phenoxy) is 1. The number of aliphatic carboxylic acids is 1. The highest BCUT2D eigenvalue weighted by molar-refractivity contribution is 6.32. The van der Waals surface area contributed by atoms with E-state index in [1.807, 2.05) is 18.2 Å². The Morgan fingerprint density at radius 3 is 2.78 bits per heavy atom. The van der Waals surface area contributed by atoms with E-state index in [0.717, 1.165) is 31.5 Å². The summed E-state index contributed by atoms with van der Waals surface area (Å²) in [4.78, 5) is 10.3. The molecule has 100 valence electrons. The van der Waals surface area contributed by atoms with Crippen LogP contribution in [0.4, 0.5) is 5.69 Å². The molecule has 0 radical (unpaired) electrons. The molecule has 0 bridgehead atoms. The third kappa shape index (κ3) is 5.27. The first kappa shape index (κ1) is 14.6. The van der Waals surface area contributed by atoms with Crippen LogP contribution >= 0.6 is 11.6 Å². The van der Waals surface area contributed by atoms with Gasteiger partial charge in [0.15, 0.2) is 0 Å². The Hall–Kier alpha value is -1.42. The van der Waals surface area contributed by atoms with Crippen molar-refractivity contribution in [2.24, 2.45) is 0 Å². The molecule has 0 aliphatic heterocycles. The largest absolute Gasteiger partial charge is 0.495 e. The molecule has 1 rings (SSSR count). The van der Waals surface area contributed by atoms with Crippen molar-refractivity contribution in [2.45, 2.75) is 25.7 Å². The van der Waals surface area contributed by atoms with Gasteiger partial charge in [0.2, 0.25) is 0 Å². The fourth-order valence-electron chi connectivity index (χ4n) is 1.59. The topological polar surface area (TPSA) is 58.6 Å². The van der Waals surface area contributed by atoms with Gasteiger partial charge in [0.1, 0.15) is 5.75 Å². The van der Waals surface area contributed by atoms with E-state index < -0.39 is 5.97 Å². The Morgan fingerprint density at radius 2 is 2.17 bits per heavy atom. The molecule has 1 aromatic rings. The van der Waals surface area contributed by atoms with E-state index >= 15 is 0 Å². The third-order valence-corrected chi connectivity index (χ3v) is 2.84. The molecular weight excluding hydrogens is 254 g/mol. The Labute approximate surface area is 112 Å². The molecule has 0 aromatic heterocycles. The van der Waals surface area contributed by atoms with E-state index in [4.69, 9.17) is 21.4 Å². The van der Waals surface area contributed by atoms with Crippen LogP contribution in [0.25, 0.3) is 0 Å². The number of anilines is 1. The van der Waals surface area contributed by atoms with Crippen LogP contribution in [0.1, 0.15) is 25.7 Å². The lowest BCUT2D eigenvalue weighted by Gasteiger charge is -2.08. The quantitative estimate of drug-likeness (QED) is 0.712. The highest BCUT2D eigenvalue weighted by Crippen LogP contribution is 2.27. The number of carboxylic acids is 1. The summed E-state index contributed by atoms with van der Waals surface area (Å²) < 4.78 is 5.06. The first-order chi connectivity index (χ1) is 8.63. The number of methoxy groups -OCH3 is 1. The predicted molar refractivity (Wildman–Crippen MR) is 72.6 cm³/mol. The summed E-state index contributed by atoms with van der Waals surface area (Å²) in [6.07, 6.45) is 2.81. The summed E-state index contributed by atoms with van der Waals surface area (Å²) in [6, 6.07) is 5.54. The van der Waals surface area contributed by atoms with Gasteiger partial charge in [0.05, 0.1) is 12.1 Å². The second kappa shape index (κ2) is 7.82. The van der Waals surface area contributed by atoms with Crippen molar-refractivity contribution < 1.29 is 14.6 Å². The van der Waals surface area contributed by atoms with Gasteiger partial charge in [-0.05, 0) is 31.0 Å². The second-order valence-corrected chi connectivity index (χ2v) is 4.39. The SMILES string of the molecule is COc1ccc(NCCCCCC(=O)O)cc1Cl. The summed E-state index contributed by atoms with van der Waals surface area (Å²) in [5.74, 6) is -0.0754. The van der Waals surface area contributed by atoms with Gasteiger partial charge in [0.25, 0.3) is 0 Å². The van der Waals surface area contributed by atoms with Crippen molar-refractivity contribution in [1.29, 1.82) is 0 Å². The number of unbranched alkanes of at least 4 members (excludes halogenated alkanes) is 2. The molecular formula is C13H18ClNO3. The fraction of sp³-hybridized carbons (Fsp3) is 0.462. The number of nitrogens with one attached hydrogen (secondary N) is 1. The van der Waals surface area contributed by atoms with Crippen molar-refractivity contribution in [3.8, 4) is 5.75 Å². The molecule has 18 heavy (non-hydrogen) atoms. The van der Waals surface area contributed by atoms with Crippen molar-refractivity contribution >= 4 is 23.3 Å². The average molecular weight is 272 g/mol. The number of rotatable bonds is 8. The van der Waals surface area contributed by atoms with Crippen LogP contribution in [0.3, 0.4) is 0 Å². The number of hydrogen-bond donors (Lipinski definition) is 2. The minimum absolute atomic E-state index is 0.244. The van der Waals surface area contributed by atoms with Crippen molar-refractivity contribution in [2.75, 3.05) is 19.0 Å². The van der Waals surface area contributed by atoms with Gasteiger partial charge in [-0.3, -0.25) is 4.79 Å². The van der Waals surface area contributed by atoms with E-state index in [1.54, 1.807) is 7.11 Å². The second-order valence-electron chi connectivity index (χ2n) is 3.98. The van der Waals surface area contributed by atoms with Crippen LogP contribution in [0.2, 0.25) is 5.02 Å². The van der Waals surface area contributed by atoms with Crippen LogP contribution < -0.4 is 10.1 Å². The Balaban J connectivity index is 2.23. The third-order valence-electron chi connectivity index (χ3n) is 2.55. The van der Waals surface area contributed by atoms with Gasteiger partial charge in [-0.1, -0.05) is 18.0 Å². The number of halogens is 1. The number of benzene rings is 1. The van der Waals surface area contributed by atoms with E-state index in [9.17, 15) is 4.79 Å². The lowest BCUT2D eigenvalue weighted by molar-refractivity contribution is -0.137. The summed E-state index contributed by atoms with van der Waals surface area (Å²) in [7, 11) is 1.58. The molecule has 0 atom stereocenters. The summed E-state index contributed by atoms with van der Waals surface area (Å²) in [6.45, 7) is 0.808. The molecule has 0 fully saturated rings. The van der Waals surface area contributed by atoms with Crippen LogP contribution in [-0.4, -0.2) is 24.7 Å². The highest BCUT2D eigenvalue weighted by Gasteiger charge is 2.01. The number of carboxylic acid groups (broad SMARTS) is 1. The standard InChI is InChI=1S/C13H18ClNO3/c1-18-12-7-6-10(9-11(12)14)15-8-4-2-3-5-13(16)17/h6-7,9,15H,2-5,8H2,1H3,(H,16,17). The molecule has 0 amide bonds. The van der Waals surface area contributed by atoms with Crippen molar-refractivity contribution in [1.82, 2.24) is 0 Å². The van der Waals surface area contributed by atoms with Gasteiger partial charge in [-0.2, -0.15) is 0 Å². The van der Waals surface area contributed by atoms with Crippen molar-refractivity contribution in [3.05, 3.63) is 23.2 Å². The molecule has 0 spiro atoms. The first-order valence-corrected chi connectivity index (χ1v) is 6.30. The monoisotopic (exact) mass is 271 g/mol. The van der Waals surface area contributed by atoms with Gasteiger partial charge in [-0.15, -0.1) is 0 Å². The molecule has 4 nitrogen and oxygen atoms in total. The zero-order valence-corrected chi connectivity index (χ0v) is 11.2. The molecule has 0 saturated carbocycles. The van der Waals surface area contributed by atoms with Crippen LogP contribution in [0.5, 0.6) is 5.75 Å². The minimum atomic E-state index is -0.732. The van der Waals surface area contributed by atoms with Gasteiger partial charge >= 0.3 is 5.97 Å². The van der Waals surface area contributed by atoms with E-state index in [-0.39, 0.29) is 6.42 Å². The highest BCUT2D eigenvalue weighted by atomic mass is 35.5. The van der Waals surface area contributed by atoms with Crippen LogP contribution in [0.15, 0.2) is 18.2 Å². The predicted octanol–water partition coefficient (Wildman–Crippen LogP) is 3.41. The Morgan fingerprint density at radius 1 is 1.39 bits per heavy atom. The average Bonchev–Trinajstić information content (AvgIpc) is 2.33. The van der Waals surface area contributed by atoms with E-state index in [1.165, 1.54) is 0 Å². The van der Waals surface area contributed by atoms with Crippen LogP contribution in [0, 0.1) is 0 Å². The summed E-state index contributed by atoms with van der Waals surface area (Å²) in [5.41, 5.74) is 0.944. The maximum Gasteiger partial charge on any atom is 0.303 e. The van der Waals surface area contributed by atoms with Gasteiger partial charge < -0.3 is 15.2 Å². The molecule has 2 N–H and O–H groups in total. The zero-order valence-electron chi connectivity index (χ0n) is 10.4. The molecule has 0 heterocycles. The van der Waals surface area contributed by atoms with E-state index in [2.05, 4.69) is 5.32 Å². The normalized spacial score (nSPS) is 10.1. The maximum atomic E-state index is 10.3. The zero-order chi connectivity index (χ0) is 13.4. The molecule has 5 heteroatoms. The maximum absolute atomic E-state index is 10.3. The smallest absolute Gasteiger partial charge is 0.303 e. The van der Waals surface area contributed by atoms with Crippen molar-refractivity contribution in [3.63, 3.8) is 0 Å². The fourth-order valence-corrected chi connectivity index (χ4v) is 1.84. The molecule has 0 aliphatic carbocycles. The number of carbonyl (C=O) groups is 1. The van der Waals surface area contributed by atoms with Gasteiger partial charge in [0, 0.05) is 18.7 Å². The molecule has 0 aliphatic rings. The van der Waals surface area contributed by atoms with Crippen LogP contribution in [-0.2, 0) is 4.79 Å². The summed E-state index contributed by atoms with van der Waals surface area (Å²) >= 11 is 6.00. The Bertz CT molecular complexity index is 396. The van der Waals surface area contributed by atoms with Gasteiger partial charge in [-0.25, -0.2) is 0 Å². The lowest BCUT2D eigenvalue weighted by atomic mass is 10.2. The number of hydrogen-bond acceptors (Lipinski definition) is 3. The Kier molecular flexibility index (Phi) is 6.36. The lowest BCUT2D eigenvalue weighted by Crippen LogP contribution is -2.02. The molecule has 1 aromatic carbocycles. The summed E-state index contributed by atoms with van der Waals surface area (Å²) in [5, 5.41) is 12.3. The first-order valence-electron chi connectivity index (χ1n) is 5.92. The molecule has 0 unspecified atom stereocenters.